The quantitative estimate of drug-likeness (QED) is 0.862. The second kappa shape index (κ2) is 6.07. The Morgan fingerprint density at radius 1 is 1.32 bits per heavy atom. The highest BCUT2D eigenvalue weighted by Crippen LogP contribution is 2.48. The summed E-state index contributed by atoms with van der Waals surface area (Å²) in [6, 6.07) is 6.89. The van der Waals surface area contributed by atoms with Crippen molar-refractivity contribution in [2.45, 2.75) is 29.2 Å². The van der Waals surface area contributed by atoms with E-state index in [-0.39, 0.29) is 29.9 Å². The van der Waals surface area contributed by atoms with Gasteiger partial charge >= 0.3 is 5.97 Å². The number of carbonyl (C=O) groups excluding carboxylic acids is 1. The first-order valence-electron chi connectivity index (χ1n) is 7.46. The van der Waals surface area contributed by atoms with Crippen LogP contribution in [0.3, 0.4) is 0 Å². The van der Waals surface area contributed by atoms with E-state index in [1.165, 1.54) is 24.3 Å². The number of carboxylic acid groups (broad SMARTS) is 1. The largest absolute Gasteiger partial charge is 0.476 e. The van der Waals surface area contributed by atoms with Gasteiger partial charge in [-0.2, -0.15) is 0 Å². The first-order valence-corrected chi connectivity index (χ1v) is 8.94. The summed E-state index contributed by atoms with van der Waals surface area (Å²) in [5, 5.41) is 5.81. The zero-order chi connectivity index (χ0) is 18.2. The number of alkyl halides is 1. The van der Waals surface area contributed by atoms with E-state index in [0.717, 1.165) is 0 Å². The smallest absolute Gasteiger partial charge is 0.357 e. The number of halogens is 1. The number of benzene rings is 1. The molecule has 1 saturated carbocycles. The fourth-order valence-electron chi connectivity index (χ4n) is 2.94. The number of sulfone groups is 1. The summed E-state index contributed by atoms with van der Waals surface area (Å²) >= 11 is 0. The molecule has 1 aromatic heterocycles. The molecule has 2 atom stereocenters. The minimum Gasteiger partial charge on any atom is -0.476 e. The topological polar surface area (TPSA) is 115 Å². The zero-order valence-corrected chi connectivity index (χ0v) is 13.7. The molecular weight excluding hydrogens is 353 g/mol. The second-order valence-electron chi connectivity index (χ2n) is 5.78. The molecule has 2 aromatic rings. The molecule has 0 spiro atoms. The van der Waals surface area contributed by atoms with Crippen molar-refractivity contribution in [3.05, 3.63) is 48.2 Å². The van der Waals surface area contributed by atoms with Gasteiger partial charge in [-0.1, -0.05) is 18.2 Å². The van der Waals surface area contributed by atoms with Gasteiger partial charge in [0.2, 0.25) is 15.7 Å². The number of carbonyl (C=O) groups is 2. The van der Waals surface area contributed by atoms with Gasteiger partial charge < -0.3 is 9.52 Å². The molecule has 1 aliphatic carbocycles. The maximum absolute atomic E-state index is 16.1. The van der Waals surface area contributed by atoms with Crippen LogP contribution in [0.4, 0.5) is 4.39 Å². The van der Waals surface area contributed by atoms with Crippen molar-refractivity contribution in [2.24, 2.45) is 5.92 Å². The summed E-state index contributed by atoms with van der Waals surface area (Å²) in [6.45, 7) is 0. The van der Waals surface area contributed by atoms with Gasteiger partial charge in [-0.15, -0.1) is 0 Å². The number of rotatable bonds is 5. The lowest BCUT2D eigenvalue weighted by molar-refractivity contribution is -0.117. The van der Waals surface area contributed by atoms with Gasteiger partial charge in [-0.05, 0) is 18.6 Å². The molecule has 3 rings (SSSR count). The van der Waals surface area contributed by atoms with Crippen molar-refractivity contribution < 1.29 is 31.9 Å². The number of oxazole rings is 1. The lowest BCUT2D eigenvalue weighted by Gasteiger charge is -2.27. The van der Waals surface area contributed by atoms with E-state index >= 15 is 4.39 Å². The molecule has 0 radical (unpaired) electrons. The molecule has 25 heavy (non-hydrogen) atoms. The molecule has 7 nitrogen and oxygen atoms in total. The van der Waals surface area contributed by atoms with Crippen LogP contribution in [0.2, 0.25) is 0 Å². The van der Waals surface area contributed by atoms with Crippen LogP contribution < -0.4 is 0 Å². The van der Waals surface area contributed by atoms with Crippen molar-refractivity contribution in [1.29, 1.82) is 0 Å². The molecular formula is C16H14FNO6S. The van der Waals surface area contributed by atoms with Crippen molar-refractivity contribution >= 4 is 21.6 Å². The number of hydrogen-bond donors (Lipinski definition) is 1. The van der Waals surface area contributed by atoms with Gasteiger partial charge in [0.15, 0.2) is 5.69 Å². The van der Waals surface area contributed by atoms with E-state index in [4.69, 9.17) is 9.52 Å². The van der Waals surface area contributed by atoms with E-state index in [2.05, 4.69) is 4.98 Å². The zero-order valence-electron chi connectivity index (χ0n) is 12.9. The van der Waals surface area contributed by atoms with Crippen LogP contribution in [-0.2, 0) is 19.6 Å². The van der Waals surface area contributed by atoms with E-state index in [0.29, 0.717) is 6.26 Å². The highest BCUT2D eigenvalue weighted by molar-refractivity contribution is 7.92. The molecule has 1 aliphatic rings. The van der Waals surface area contributed by atoms with Gasteiger partial charge in [-0.3, -0.25) is 4.79 Å². The van der Waals surface area contributed by atoms with Crippen molar-refractivity contribution in [3.8, 4) is 0 Å². The van der Waals surface area contributed by atoms with E-state index in [9.17, 15) is 18.0 Å². The number of aromatic carboxylic acids is 1. The third-order valence-corrected chi connectivity index (χ3v) is 6.41. The molecule has 1 fully saturated rings. The normalized spacial score (nSPS) is 20.4. The summed E-state index contributed by atoms with van der Waals surface area (Å²) in [5.41, 5.74) is -0.607. The molecule has 2 unspecified atom stereocenters. The van der Waals surface area contributed by atoms with Crippen LogP contribution >= 0.6 is 0 Å². The summed E-state index contributed by atoms with van der Waals surface area (Å²) in [6.07, 6.45) is 0.454. The summed E-state index contributed by atoms with van der Waals surface area (Å²) < 4.78 is 46.9. The number of Topliss-reactive ketones (excluding diaryl/α,β-unsaturated/α-hetero) is 1. The van der Waals surface area contributed by atoms with Crippen LogP contribution in [-0.4, -0.2) is 30.3 Å². The van der Waals surface area contributed by atoms with Gasteiger partial charge in [0, 0.05) is 18.8 Å². The Labute approximate surface area is 142 Å². The molecule has 1 N–H and O–H groups in total. The summed E-state index contributed by atoms with van der Waals surface area (Å²) in [4.78, 5) is 25.8. The molecule has 1 heterocycles. The first kappa shape index (κ1) is 17.3. The molecule has 132 valence electrons. The van der Waals surface area contributed by atoms with Crippen LogP contribution in [0.5, 0.6) is 0 Å². The monoisotopic (exact) mass is 367 g/mol. The lowest BCUT2D eigenvalue weighted by atomic mass is 10.0. The van der Waals surface area contributed by atoms with Crippen molar-refractivity contribution in [1.82, 2.24) is 4.98 Å². The van der Waals surface area contributed by atoms with E-state index in [1.54, 1.807) is 6.07 Å². The van der Waals surface area contributed by atoms with Gasteiger partial charge in [0.1, 0.15) is 12.0 Å². The van der Waals surface area contributed by atoms with Gasteiger partial charge in [-0.25, -0.2) is 22.6 Å². The molecule has 0 aliphatic heterocycles. The second-order valence-corrected chi connectivity index (χ2v) is 7.86. The number of ketones is 1. The minimum absolute atomic E-state index is 0.00613. The van der Waals surface area contributed by atoms with E-state index in [1.807, 2.05) is 0 Å². The van der Waals surface area contributed by atoms with Crippen molar-refractivity contribution in [3.63, 3.8) is 0 Å². The van der Waals surface area contributed by atoms with E-state index < -0.39 is 38.3 Å². The fourth-order valence-corrected chi connectivity index (χ4v) is 4.76. The Balaban J connectivity index is 2.18. The molecule has 0 amide bonds. The average Bonchev–Trinajstić information content (AvgIpc) is 3.24. The van der Waals surface area contributed by atoms with Gasteiger partial charge in [0.05, 0.1) is 4.90 Å². The summed E-state index contributed by atoms with van der Waals surface area (Å²) in [5.74, 6) is -3.81. The third kappa shape index (κ3) is 2.74. The highest BCUT2D eigenvalue weighted by Gasteiger charge is 2.58. The highest BCUT2D eigenvalue weighted by atomic mass is 32.2. The Hall–Kier alpha value is -2.55. The number of hydrogen-bond acceptors (Lipinski definition) is 6. The lowest BCUT2D eigenvalue weighted by Crippen LogP contribution is -2.38. The molecule has 1 aromatic carbocycles. The van der Waals surface area contributed by atoms with Crippen LogP contribution in [0, 0.1) is 5.92 Å². The van der Waals surface area contributed by atoms with Crippen LogP contribution in [0.1, 0.15) is 35.6 Å². The number of aromatic nitrogens is 1. The first-order chi connectivity index (χ1) is 11.8. The summed E-state index contributed by atoms with van der Waals surface area (Å²) in [7, 11) is -4.64. The Morgan fingerprint density at radius 3 is 2.52 bits per heavy atom. The maximum Gasteiger partial charge on any atom is 0.357 e. The third-order valence-electron chi connectivity index (χ3n) is 4.23. The molecule has 0 saturated heterocycles. The number of carboxylic acids is 1. The fraction of sp³-hybridized carbons (Fsp3) is 0.312. The number of nitrogens with zero attached hydrogens (tertiary/aromatic N) is 1. The SMILES string of the molecule is O=C1CCC(C(F)(c2nc(C(=O)O)co2)S(=O)(=O)c2ccccc2)C1. The van der Waals surface area contributed by atoms with Crippen LogP contribution in [0.25, 0.3) is 0 Å². The van der Waals surface area contributed by atoms with Gasteiger partial charge in [0.25, 0.3) is 5.00 Å². The Kier molecular flexibility index (Phi) is 4.19. The minimum atomic E-state index is -4.64. The average molecular weight is 367 g/mol. The maximum atomic E-state index is 16.1. The Morgan fingerprint density at radius 2 is 2.00 bits per heavy atom. The molecule has 9 heteroatoms. The van der Waals surface area contributed by atoms with Crippen molar-refractivity contribution in [2.75, 3.05) is 0 Å². The predicted molar refractivity (Wildman–Crippen MR) is 82.2 cm³/mol. The standard InChI is InChI=1S/C16H14FNO6S/c17-16(10-6-7-11(19)8-10,15-18-13(9-24-15)14(20)21)25(22,23)12-4-2-1-3-5-12/h1-5,9-10H,6-8H2,(H,20,21). The predicted octanol–water partition coefficient (Wildman–Crippen LogP) is 2.34. The Bertz CT molecular complexity index is 923. The van der Waals surface area contributed by atoms with Crippen LogP contribution in [0.15, 0.2) is 45.9 Å². The molecule has 0 bridgehead atoms.